The summed E-state index contributed by atoms with van der Waals surface area (Å²) in [7, 11) is 0. The fourth-order valence-corrected chi connectivity index (χ4v) is 2.52. The predicted octanol–water partition coefficient (Wildman–Crippen LogP) is 4.28. The molecule has 0 bridgehead atoms. The second kappa shape index (κ2) is 7.24. The Balaban J connectivity index is 2.17. The molecule has 102 valence electrons. The van der Waals surface area contributed by atoms with Gasteiger partial charge in [0.1, 0.15) is 0 Å². The van der Waals surface area contributed by atoms with E-state index in [9.17, 15) is 13.2 Å². The van der Waals surface area contributed by atoms with Crippen LogP contribution in [-0.4, -0.2) is 18.8 Å². The molecule has 2 atom stereocenters. The van der Waals surface area contributed by atoms with Crippen LogP contribution in [0.2, 0.25) is 0 Å². The summed E-state index contributed by atoms with van der Waals surface area (Å²) in [5.74, 6) is -1.08. The highest BCUT2D eigenvalue weighted by atomic mass is 19.4. The van der Waals surface area contributed by atoms with Crippen molar-refractivity contribution < 1.29 is 13.2 Å². The molecule has 0 saturated carbocycles. The summed E-state index contributed by atoms with van der Waals surface area (Å²) in [5, 5.41) is 3.21. The van der Waals surface area contributed by atoms with Gasteiger partial charge in [-0.05, 0) is 25.8 Å². The molecule has 1 heterocycles. The highest BCUT2D eigenvalue weighted by Gasteiger charge is 2.41. The molecule has 2 unspecified atom stereocenters. The lowest BCUT2D eigenvalue weighted by atomic mass is 9.89. The standard InChI is InChI=1S/C13H24F3N/c1-2-3-4-5-6-7-12-10-11(8-9-17-12)13(14,15)16/h11-12,17H,2-10H2,1H3. The van der Waals surface area contributed by atoms with Crippen LogP contribution in [0.15, 0.2) is 0 Å². The third kappa shape index (κ3) is 5.75. The monoisotopic (exact) mass is 251 g/mol. The van der Waals surface area contributed by atoms with E-state index in [0.717, 1.165) is 19.3 Å². The number of halogens is 3. The van der Waals surface area contributed by atoms with Crippen LogP contribution in [0.3, 0.4) is 0 Å². The number of hydrogen-bond donors (Lipinski definition) is 1. The van der Waals surface area contributed by atoms with Crippen LogP contribution < -0.4 is 5.32 Å². The van der Waals surface area contributed by atoms with Crippen molar-refractivity contribution in [3.63, 3.8) is 0 Å². The first-order valence-corrected chi connectivity index (χ1v) is 6.84. The molecule has 1 fully saturated rings. The zero-order chi connectivity index (χ0) is 12.7. The summed E-state index contributed by atoms with van der Waals surface area (Å²) < 4.78 is 37.7. The van der Waals surface area contributed by atoms with Gasteiger partial charge in [-0.2, -0.15) is 13.2 Å². The number of piperidine rings is 1. The van der Waals surface area contributed by atoms with E-state index < -0.39 is 12.1 Å². The van der Waals surface area contributed by atoms with Gasteiger partial charge in [-0.1, -0.05) is 39.0 Å². The minimum Gasteiger partial charge on any atom is -0.314 e. The van der Waals surface area contributed by atoms with E-state index >= 15 is 0 Å². The molecule has 1 rings (SSSR count). The molecular formula is C13H24F3N. The highest BCUT2D eigenvalue weighted by Crippen LogP contribution is 2.34. The largest absolute Gasteiger partial charge is 0.391 e. The van der Waals surface area contributed by atoms with Gasteiger partial charge in [-0.15, -0.1) is 0 Å². The van der Waals surface area contributed by atoms with Gasteiger partial charge in [0, 0.05) is 6.04 Å². The van der Waals surface area contributed by atoms with Crippen molar-refractivity contribution in [3.05, 3.63) is 0 Å². The van der Waals surface area contributed by atoms with E-state index in [-0.39, 0.29) is 18.9 Å². The Morgan fingerprint density at radius 2 is 1.82 bits per heavy atom. The fraction of sp³-hybridized carbons (Fsp3) is 1.00. The SMILES string of the molecule is CCCCCCCC1CC(C(F)(F)F)CCN1. The molecule has 17 heavy (non-hydrogen) atoms. The third-order valence-corrected chi connectivity index (χ3v) is 3.61. The number of alkyl halides is 3. The van der Waals surface area contributed by atoms with Crippen LogP contribution in [0.4, 0.5) is 13.2 Å². The van der Waals surface area contributed by atoms with E-state index in [1.807, 2.05) is 0 Å². The van der Waals surface area contributed by atoms with Gasteiger partial charge < -0.3 is 5.32 Å². The summed E-state index contributed by atoms with van der Waals surface area (Å²) in [5.41, 5.74) is 0. The first-order chi connectivity index (χ1) is 8.04. The molecule has 0 aromatic rings. The number of rotatable bonds is 6. The Bertz CT molecular complexity index is 203. The number of hydrogen-bond acceptors (Lipinski definition) is 1. The molecule has 1 aliphatic rings. The van der Waals surface area contributed by atoms with Crippen LogP contribution >= 0.6 is 0 Å². The summed E-state index contributed by atoms with van der Waals surface area (Å²) in [4.78, 5) is 0. The van der Waals surface area contributed by atoms with Crippen molar-refractivity contribution in [1.82, 2.24) is 5.32 Å². The first kappa shape index (κ1) is 14.8. The Kier molecular flexibility index (Phi) is 6.31. The normalized spacial score (nSPS) is 26.1. The maximum atomic E-state index is 12.6. The zero-order valence-electron chi connectivity index (χ0n) is 10.7. The topological polar surface area (TPSA) is 12.0 Å². The summed E-state index contributed by atoms with van der Waals surface area (Å²) in [6.07, 6.45) is 3.30. The lowest BCUT2D eigenvalue weighted by Crippen LogP contribution is -2.42. The summed E-state index contributed by atoms with van der Waals surface area (Å²) in [6.45, 7) is 2.68. The molecular weight excluding hydrogens is 227 g/mol. The minimum absolute atomic E-state index is 0.0806. The minimum atomic E-state index is -4.00. The van der Waals surface area contributed by atoms with Crippen molar-refractivity contribution in [1.29, 1.82) is 0 Å². The van der Waals surface area contributed by atoms with Crippen molar-refractivity contribution in [2.75, 3.05) is 6.54 Å². The van der Waals surface area contributed by atoms with Crippen molar-refractivity contribution in [3.8, 4) is 0 Å². The van der Waals surface area contributed by atoms with E-state index in [1.165, 1.54) is 19.3 Å². The van der Waals surface area contributed by atoms with Gasteiger partial charge in [-0.3, -0.25) is 0 Å². The molecule has 0 aromatic heterocycles. The van der Waals surface area contributed by atoms with Crippen LogP contribution in [-0.2, 0) is 0 Å². The van der Waals surface area contributed by atoms with E-state index in [4.69, 9.17) is 0 Å². The average molecular weight is 251 g/mol. The van der Waals surface area contributed by atoms with Crippen molar-refractivity contribution in [2.45, 2.75) is 70.5 Å². The van der Waals surface area contributed by atoms with Crippen molar-refractivity contribution >= 4 is 0 Å². The maximum absolute atomic E-state index is 12.6. The van der Waals surface area contributed by atoms with Crippen LogP contribution in [0, 0.1) is 5.92 Å². The number of unbranched alkanes of at least 4 members (excludes halogenated alkanes) is 4. The van der Waals surface area contributed by atoms with Gasteiger partial charge in [0.15, 0.2) is 0 Å². The summed E-state index contributed by atoms with van der Waals surface area (Å²) >= 11 is 0. The Labute approximate surface area is 102 Å². The van der Waals surface area contributed by atoms with Gasteiger partial charge in [0.05, 0.1) is 5.92 Å². The molecule has 1 saturated heterocycles. The zero-order valence-corrected chi connectivity index (χ0v) is 10.7. The van der Waals surface area contributed by atoms with Gasteiger partial charge in [-0.25, -0.2) is 0 Å². The molecule has 4 heteroatoms. The quantitative estimate of drug-likeness (QED) is 0.695. The Morgan fingerprint density at radius 3 is 2.47 bits per heavy atom. The van der Waals surface area contributed by atoms with E-state index in [2.05, 4.69) is 12.2 Å². The molecule has 0 aliphatic carbocycles. The van der Waals surface area contributed by atoms with Gasteiger partial charge in [0.25, 0.3) is 0 Å². The lowest BCUT2D eigenvalue weighted by Gasteiger charge is -2.31. The van der Waals surface area contributed by atoms with Crippen LogP contribution in [0.1, 0.15) is 58.3 Å². The lowest BCUT2D eigenvalue weighted by molar-refractivity contribution is -0.183. The Hall–Kier alpha value is -0.250. The maximum Gasteiger partial charge on any atom is 0.391 e. The third-order valence-electron chi connectivity index (χ3n) is 3.61. The molecule has 1 aliphatic heterocycles. The highest BCUT2D eigenvalue weighted by molar-refractivity contribution is 4.82. The van der Waals surface area contributed by atoms with Crippen LogP contribution in [0.5, 0.6) is 0 Å². The molecule has 1 N–H and O–H groups in total. The molecule has 0 spiro atoms. The second-order valence-corrected chi connectivity index (χ2v) is 5.12. The average Bonchev–Trinajstić information content (AvgIpc) is 2.28. The van der Waals surface area contributed by atoms with Crippen molar-refractivity contribution in [2.24, 2.45) is 5.92 Å². The molecule has 0 amide bonds. The molecule has 1 nitrogen and oxygen atoms in total. The molecule has 0 radical (unpaired) electrons. The van der Waals surface area contributed by atoms with Gasteiger partial charge in [0.2, 0.25) is 0 Å². The Morgan fingerprint density at radius 1 is 1.12 bits per heavy atom. The molecule has 0 aromatic carbocycles. The fourth-order valence-electron chi connectivity index (χ4n) is 2.52. The van der Waals surface area contributed by atoms with E-state index in [0.29, 0.717) is 6.54 Å². The summed E-state index contributed by atoms with van der Waals surface area (Å²) in [6, 6.07) is 0.0806. The first-order valence-electron chi connectivity index (χ1n) is 6.84. The number of nitrogens with one attached hydrogen (secondary N) is 1. The second-order valence-electron chi connectivity index (χ2n) is 5.12. The predicted molar refractivity (Wildman–Crippen MR) is 63.9 cm³/mol. The van der Waals surface area contributed by atoms with E-state index in [1.54, 1.807) is 0 Å². The van der Waals surface area contributed by atoms with Crippen LogP contribution in [0.25, 0.3) is 0 Å². The smallest absolute Gasteiger partial charge is 0.314 e. The van der Waals surface area contributed by atoms with Gasteiger partial charge >= 0.3 is 6.18 Å².